The molecule has 4 rings (SSSR count). The molecule has 0 radical (unpaired) electrons. The second-order valence-corrected chi connectivity index (χ2v) is 9.43. The van der Waals surface area contributed by atoms with E-state index in [9.17, 15) is 0 Å². The van der Waals surface area contributed by atoms with Gasteiger partial charge in [-0.1, -0.05) is 18.2 Å². The Kier molecular flexibility index (Phi) is 7.78. The summed E-state index contributed by atoms with van der Waals surface area (Å²) in [5.41, 5.74) is 5.09. The molecule has 0 aliphatic carbocycles. The molecule has 33 heavy (non-hydrogen) atoms. The Morgan fingerprint density at radius 1 is 1.15 bits per heavy atom. The van der Waals surface area contributed by atoms with E-state index in [2.05, 4.69) is 64.3 Å². The smallest absolute Gasteiger partial charge is 0.119 e. The molecule has 0 bridgehead atoms. The van der Waals surface area contributed by atoms with Gasteiger partial charge in [0.1, 0.15) is 5.75 Å². The first-order valence-electron chi connectivity index (χ1n) is 12.0. The van der Waals surface area contributed by atoms with Crippen LogP contribution in [0.4, 0.5) is 0 Å². The molecule has 1 atom stereocenters. The van der Waals surface area contributed by atoms with E-state index in [1.54, 1.807) is 7.11 Å². The van der Waals surface area contributed by atoms with Crippen LogP contribution in [-0.2, 0) is 26.6 Å². The fourth-order valence-electron chi connectivity index (χ4n) is 5.16. The minimum atomic E-state index is 0.472. The maximum absolute atomic E-state index is 5.48. The van der Waals surface area contributed by atoms with Gasteiger partial charge in [0.05, 0.1) is 12.8 Å². The van der Waals surface area contributed by atoms with Crippen molar-refractivity contribution in [3.8, 4) is 5.75 Å². The predicted octanol–water partition coefficient (Wildman–Crippen LogP) is 4.09. The SMILES string of the molecule is COc1cccc(CC(C2CCN(Cc3cn(C)nc3C)CC2)N(C)Cc2cccnc2)c1. The van der Waals surface area contributed by atoms with Crippen molar-refractivity contribution in [1.82, 2.24) is 24.6 Å². The number of rotatable bonds is 9. The highest BCUT2D eigenvalue weighted by molar-refractivity contribution is 5.29. The third-order valence-corrected chi connectivity index (χ3v) is 6.99. The van der Waals surface area contributed by atoms with Gasteiger partial charge >= 0.3 is 0 Å². The van der Waals surface area contributed by atoms with Crippen molar-refractivity contribution < 1.29 is 4.74 Å². The number of hydrogen-bond donors (Lipinski definition) is 0. The number of likely N-dealkylation sites (tertiary alicyclic amines) is 1. The van der Waals surface area contributed by atoms with Gasteiger partial charge in [-0.25, -0.2) is 0 Å². The number of ether oxygens (including phenoxy) is 1. The Labute approximate surface area is 198 Å². The molecule has 176 valence electrons. The van der Waals surface area contributed by atoms with Gasteiger partial charge in [0.25, 0.3) is 0 Å². The molecule has 1 aliphatic rings. The van der Waals surface area contributed by atoms with Crippen molar-refractivity contribution in [3.63, 3.8) is 0 Å². The summed E-state index contributed by atoms with van der Waals surface area (Å²) in [7, 11) is 6.01. The van der Waals surface area contributed by atoms with Crippen LogP contribution >= 0.6 is 0 Å². The van der Waals surface area contributed by atoms with Crippen molar-refractivity contribution in [2.45, 2.75) is 45.3 Å². The lowest BCUT2D eigenvalue weighted by molar-refractivity contribution is 0.0952. The van der Waals surface area contributed by atoms with E-state index in [1.165, 1.54) is 29.5 Å². The van der Waals surface area contributed by atoms with E-state index >= 15 is 0 Å². The number of aryl methyl sites for hydroxylation is 2. The van der Waals surface area contributed by atoms with Gasteiger partial charge in [-0.05, 0) is 81.6 Å². The molecule has 1 fully saturated rings. The van der Waals surface area contributed by atoms with Crippen LogP contribution in [0.25, 0.3) is 0 Å². The molecule has 1 aromatic carbocycles. The molecule has 3 heterocycles. The molecule has 1 saturated heterocycles. The fourth-order valence-corrected chi connectivity index (χ4v) is 5.16. The quantitative estimate of drug-likeness (QED) is 0.494. The first-order chi connectivity index (χ1) is 16.0. The highest BCUT2D eigenvalue weighted by atomic mass is 16.5. The molecule has 0 N–H and O–H groups in total. The predicted molar refractivity (Wildman–Crippen MR) is 132 cm³/mol. The maximum atomic E-state index is 5.48. The first kappa shape index (κ1) is 23.5. The van der Waals surface area contributed by atoms with E-state index in [1.807, 2.05) is 36.3 Å². The van der Waals surface area contributed by atoms with Crippen LogP contribution < -0.4 is 4.74 Å². The van der Waals surface area contributed by atoms with Gasteiger partial charge in [-0.2, -0.15) is 5.10 Å². The molecule has 0 spiro atoms. The summed E-state index contributed by atoms with van der Waals surface area (Å²) in [6.45, 7) is 6.29. The van der Waals surface area contributed by atoms with Gasteiger partial charge < -0.3 is 4.74 Å². The van der Waals surface area contributed by atoms with E-state index in [4.69, 9.17) is 4.74 Å². The summed E-state index contributed by atoms with van der Waals surface area (Å²) < 4.78 is 7.41. The molecular weight excluding hydrogens is 410 g/mol. The van der Waals surface area contributed by atoms with Crippen LogP contribution in [0.3, 0.4) is 0 Å². The summed E-state index contributed by atoms with van der Waals surface area (Å²) in [4.78, 5) is 9.44. The number of nitrogens with zero attached hydrogens (tertiary/aromatic N) is 5. The standard InChI is InChI=1S/C27H37N5O/c1-21-25(19-31(3)29-21)20-32-13-10-24(11-14-32)27(16-22-7-5-9-26(15-22)33-4)30(2)18-23-8-6-12-28-17-23/h5-9,12,15,17,19,24,27H,10-11,13-14,16,18,20H2,1-4H3. The number of likely N-dealkylation sites (N-methyl/N-ethyl adjacent to an activating group) is 1. The zero-order valence-corrected chi connectivity index (χ0v) is 20.4. The maximum Gasteiger partial charge on any atom is 0.119 e. The van der Waals surface area contributed by atoms with Crippen LogP contribution in [0.1, 0.15) is 35.2 Å². The van der Waals surface area contributed by atoms with E-state index in [0.29, 0.717) is 12.0 Å². The second-order valence-electron chi connectivity index (χ2n) is 9.43. The lowest BCUT2D eigenvalue weighted by Crippen LogP contribution is -2.45. The zero-order chi connectivity index (χ0) is 23.2. The fraction of sp³-hybridized carbons (Fsp3) is 0.481. The summed E-state index contributed by atoms with van der Waals surface area (Å²) >= 11 is 0. The Hall–Kier alpha value is -2.70. The summed E-state index contributed by atoms with van der Waals surface area (Å²) in [5, 5.41) is 4.51. The van der Waals surface area contributed by atoms with Crippen LogP contribution in [0.5, 0.6) is 5.75 Å². The molecule has 1 unspecified atom stereocenters. The molecule has 0 saturated carbocycles. The molecule has 1 aliphatic heterocycles. The summed E-state index contributed by atoms with van der Waals surface area (Å²) in [6.07, 6.45) is 9.44. The van der Waals surface area contributed by atoms with Crippen molar-refractivity contribution in [1.29, 1.82) is 0 Å². The van der Waals surface area contributed by atoms with Crippen molar-refractivity contribution in [2.75, 3.05) is 27.2 Å². The van der Waals surface area contributed by atoms with Crippen LogP contribution in [0, 0.1) is 12.8 Å². The van der Waals surface area contributed by atoms with Gasteiger partial charge in [0.15, 0.2) is 0 Å². The van der Waals surface area contributed by atoms with E-state index < -0.39 is 0 Å². The molecule has 6 nitrogen and oxygen atoms in total. The van der Waals surface area contributed by atoms with Crippen molar-refractivity contribution in [2.24, 2.45) is 13.0 Å². The number of aromatic nitrogens is 3. The highest BCUT2D eigenvalue weighted by Crippen LogP contribution is 2.29. The molecule has 2 aromatic heterocycles. The lowest BCUT2D eigenvalue weighted by atomic mass is 9.84. The zero-order valence-electron chi connectivity index (χ0n) is 20.4. The normalized spacial score (nSPS) is 16.3. The van der Waals surface area contributed by atoms with Gasteiger partial charge in [-0.15, -0.1) is 0 Å². The third kappa shape index (κ3) is 6.21. The van der Waals surface area contributed by atoms with Crippen LogP contribution in [0.15, 0.2) is 55.0 Å². The Morgan fingerprint density at radius 2 is 1.94 bits per heavy atom. The minimum absolute atomic E-state index is 0.472. The number of piperidine rings is 1. The summed E-state index contributed by atoms with van der Waals surface area (Å²) in [5.74, 6) is 1.59. The van der Waals surface area contributed by atoms with E-state index in [-0.39, 0.29) is 0 Å². The first-order valence-corrected chi connectivity index (χ1v) is 12.0. The van der Waals surface area contributed by atoms with Crippen molar-refractivity contribution in [3.05, 3.63) is 77.4 Å². The molecule has 6 heteroatoms. The lowest BCUT2D eigenvalue weighted by Gasteiger charge is -2.40. The average molecular weight is 448 g/mol. The average Bonchev–Trinajstić information content (AvgIpc) is 3.15. The van der Waals surface area contributed by atoms with Crippen LogP contribution in [0.2, 0.25) is 0 Å². The molecular formula is C27H37N5O. The van der Waals surface area contributed by atoms with Crippen LogP contribution in [-0.4, -0.2) is 57.9 Å². The second kappa shape index (κ2) is 10.9. The topological polar surface area (TPSA) is 46.4 Å². The Bertz CT molecular complexity index is 1010. The number of methoxy groups -OCH3 is 1. The molecule has 0 amide bonds. The van der Waals surface area contributed by atoms with Gasteiger partial charge in [-0.3, -0.25) is 19.5 Å². The van der Waals surface area contributed by atoms with Gasteiger partial charge in [0.2, 0.25) is 0 Å². The highest BCUT2D eigenvalue weighted by Gasteiger charge is 2.30. The number of hydrogen-bond acceptors (Lipinski definition) is 5. The summed E-state index contributed by atoms with van der Waals surface area (Å²) in [6, 6.07) is 13.2. The Morgan fingerprint density at radius 3 is 2.61 bits per heavy atom. The number of pyridine rings is 1. The minimum Gasteiger partial charge on any atom is -0.497 e. The third-order valence-electron chi connectivity index (χ3n) is 6.99. The molecule has 3 aromatic rings. The van der Waals surface area contributed by atoms with Gasteiger partial charge in [0, 0.05) is 50.3 Å². The largest absolute Gasteiger partial charge is 0.497 e. The monoisotopic (exact) mass is 447 g/mol. The Balaban J connectivity index is 1.45. The van der Waals surface area contributed by atoms with E-state index in [0.717, 1.165) is 44.0 Å². The number of benzene rings is 1. The van der Waals surface area contributed by atoms with Crippen molar-refractivity contribution >= 4 is 0 Å².